The molecule has 2 fully saturated rings. The first-order valence-electron chi connectivity index (χ1n) is 17.4. The third kappa shape index (κ3) is 8.49. The Labute approximate surface area is 312 Å². The van der Waals surface area contributed by atoms with E-state index in [-0.39, 0.29) is 49.8 Å². The number of carbonyl (C=O) groups excluding carboxylic acids is 2. The zero-order valence-corrected chi connectivity index (χ0v) is 29.6. The predicted molar refractivity (Wildman–Crippen MR) is 202 cm³/mol. The highest BCUT2D eigenvalue weighted by Crippen LogP contribution is 2.35. The fourth-order valence-electron chi connectivity index (χ4n) is 7.07. The van der Waals surface area contributed by atoms with Crippen LogP contribution in [0.2, 0.25) is 0 Å². The zero-order chi connectivity index (χ0) is 36.0. The molecule has 3 aromatic heterocycles. The molecule has 1 saturated carbocycles. The predicted octanol–water partition coefficient (Wildman–Crippen LogP) is 2.82. The average Bonchev–Trinajstić information content (AvgIpc) is 3.88. The summed E-state index contributed by atoms with van der Waals surface area (Å²) < 4.78 is 1.73. The Balaban J connectivity index is 0.00000481. The monoisotopic (exact) mass is 742 g/mol. The summed E-state index contributed by atoms with van der Waals surface area (Å²) in [5.41, 5.74) is 3.79. The highest BCUT2D eigenvalue weighted by Gasteiger charge is 2.44. The molecule has 1 unspecified atom stereocenters. The van der Waals surface area contributed by atoms with Crippen molar-refractivity contribution in [3.05, 3.63) is 103 Å². The molecule has 7 rings (SSSR count). The molecule has 7 N–H and O–H groups in total. The van der Waals surface area contributed by atoms with E-state index in [0.717, 1.165) is 11.1 Å². The van der Waals surface area contributed by atoms with Crippen molar-refractivity contribution in [3.8, 4) is 0 Å². The maximum atomic E-state index is 12.8. The Morgan fingerprint density at radius 3 is 2.34 bits per heavy atom. The summed E-state index contributed by atoms with van der Waals surface area (Å²) in [5.74, 6) is 0.503. The summed E-state index contributed by atoms with van der Waals surface area (Å²) in [6, 6.07) is 22.1. The second kappa shape index (κ2) is 17.0. The van der Waals surface area contributed by atoms with E-state index in [1.54, 1.807) is 35.4 Å². The number of halogens is 1. The fraction of sp³-hybridized carbons (Fsp3) is 0.351. The number of benzene rings is 2. The SMILES string of the molecule is Cl.O=C(CCO)N[C@H]1C[C@@H](n2cnc3c(NCC(c4ccccc4)c4ccccc4)nc(N4CCC(NC(=O)Nc5cccnc5)C4)nc32)[C@H](O)[C@@H]1O. The number of carbonyl (C=O) groups is 2. The number of aromatic nitrogens is 5. The summed E-state index contributed by atoms with van der Waals surface area (Å²) >= 11 is 0. The van der Waals surface area contributed by atoms with E-state index in [4.69, 9.17) is 15.0 Å². The molecule has 5 atom stereocenters. The van der Waals surface area contributed by atoms with Crippen molar-refractivity contribution in [2.24, 2.45) is 0 Å². The molecule has 0 radical (unpaired) electrons. The standard InChI is InChI=1S/C37H42N10O5.ClH/c48-17-14-30(49)43-28-18-29(33(51)32(28)50)47-22-40-31-34(39-20-27(23-8-3-1-4-9-23)24-10-5-2-6-11-24)44-36(45-35(31)47)46-16-13-26(21-46)42-37(52)41-25-12-7-15-38-19-25;/h1-12,15,19,22,26-29,32-33,48,50-51H,13-14,16-18,20-21H2,(H,43,49)(H,39,44,45)(H2,41,42,52);1H/t26?,28-,29+,32+,33-;/m0./s1. The van der Waals surface area contributed by atoms with Gasteiger partial charge in [0.2, 0.25) is 11.9 Å². The number of aliphatic hydroxyl groups is 3. The Hall–Kier alpha value is -5.35. The smallest absolute Gasteiger partial charge is 0.319 e. The van der Waals surface area contributed by atoms with Crippen molar-refractivity contribution >= 4 is 53.0 Å². The number of amides is 3. The number of aliphatic hydroxyl groups excluding tert-OH is 3. The number of rotatable bonds is 12. The first kappa shape index (κ1) is 37.4. The first-order chi connectivity index (χ1) is 25.4. The lowest BCUT2D eigenvalue weighted by atomic mass is 9.91. The molecule has 53 heavy (non-hydrogen) atoms. The van der Waals surface area contributed by atoms with E-state index in [2.05, 4.69) is 50.5 Å². The number of urea groups is 1. The topological polar surface area (TPSA) is 203 Å². The third-order valence-corrected chi connectivity index (χ3v) is 9.71. The third-order valence-electron chi connectivity index (χ3n) is 9.71. The van der Waals surface area contributed by atoms with Gasteiger partial charge in [-0.25, -0.2) is 9.78 Å². The van der Waals surface area contributed by atoms with Crippen molar-refractivity contribution in [1.82, 2.24) is 35.1 Å². The van der Waals surface area contributed by atoms with Gasteiger partial charge in [0.05, 0.1) is 36.9 Å². The van der Waals surface area contributed by atoms with Crippen molar-refractivity contribution in [2.45, 2.75) is 55.5 Å². The molecule has 16 heteroatoms. The van der Waals surface area contributed by atoms with Crippen LogP contribution in [0.1, 0.15) is 42.3 Å². The van der Waals surface area contributed by atoms with Crippen LogP contribution in [0.25, 0.3) is 11.2 Å². The van der Waals surface area contributed by atoms with Crippen molar-refractivity contribution in [3.63, 3.8) is 0 Å². The number of nitrogens with one attached hydrogen (secondary N) is 4. The molecule has 0 bridgehead atoms. The van der Waals surface area contributed by atoms with Crippen LogP contribution in [0.15, 0.2) is 91.5 Å². The fourth-order valence-corrected chi connectivity index (χ4v) is 7.07. The van der Waals surface area contributed by atoms with Gasteiger partial charge in [0.15, 0.2) is 17.0 Å². The molecular weight excluding hydrogens is 700 g/mol. The Morgan fingerprint density at radius 1 is 0.925 bits per heavy atom. The molecule has 15 nitrogen and oxygen atoms in total. The maximum absolute atomic E-state index is 12.8. The highest BCUT2D eigenvalue weighted by atomic mass is 35.5. The molecule has 0 spiro atoms. The average molecular weight is 743 g/mol. The molecule has 1 aliphatic heterocycles. The number of imidazole rings is 1. The van der Waals surface area contributed by atoms with E-state index < -0.39 is 30.2 Å². The molecular formula is C37H43ClN10O5. The van der Waals surface area contributed by atoms with Gasteiger partial charge in [0.25, 0.3) is 0 Å². The normalized spacial score (nSPS) is 21.0. The molecule has 2 aliphatic rings. The van der Waals surface area contributed by atoms with E-state index in [9.17, 15) is 24.9 Å². The quantitative estimate of drug-likeness (QED) is 0.0991. The summed E-state index contributed by atoms with van der Waals surface area (Å²) in [4.78, 5) is 45.7. The Bertz CT molecular complexity index is 1930. The van der Waals surface area contributed by atoms with Gasteiger partial charge >= 0.3 is 6.03 Å². The van der Waals surface area contributed by atoms with Crippen LogP contribution in [0.4, 0.5) is 22.2 Å². The number of hydrogen-bond acceptors (Lipinski definition) is 11. The minimum Gasteiger partial charge on any atom is -0.396 e. The lowest BCUT2D eigenvalue weighted by Crippen LogP contribution is -2.43. The van der Waals surface area contributed by atoms with Crippen LogP contribution < -0.4 is 26.2 Å². The highest BCUT2D eigenvalue weighted by molar-refractivity contribution is 5.89. The van der Waals surface area contributed by atoms with E-state index >= 15 is 0 Å². The number of hydrogen-bond donors (Lipinski definition) is 7. The van der Waals surface area contributed by atoms with Gasteiger partial charge in [0, 0.05) is 44.2 Å². The maximum Gasteiger partial charge on any atom is 0.319 e. The second-order valence-electron chi connectivity index (χ2n) is 13.2. The summed E-state index contributed by atoms with van der Waals surface area (Å²) in [5, 5.41) is 43.4. The zero-order valence-electron chi connectivity index (χ0n) is 28.8. The van der Waals surface area contributed by atoms with Gasteiger partial charge < -0.3 is 46.1 Å². The van der Waals surface area contributed by atoms with Crippen LogP contribution in [-0.2, 0) is 4.79 Å². The second-order valence-corrected chi connectivity index (χ2v) is 13.2. The number of nitrogens with zero attached hydrogens (tertiary/aromatic N) is 6. The number of pyridine rings is 1. The van der Waals surface area contributed by atoms with Gasteiger partial charge in [-0.1, -0.05) is 60.7 Å². The van der Waals surface area contributed by atoms with Crippen LogP contribution in [0.3, 0.4) is 0 Å². The molecule has 2 aromatic carbocycles. The number of anilines is 3. The van der Waals surface area contributed by atoms with E-state index in [1.807, 2.05) is 41.3 Å². The summed E-state index contributed by atoms with van der Waals surface area (Å²) in [6.45, 7) is 1.21. The van der Waals surface area contributed by atoms with Crippen molar-refractivity contribution in [2.75, 3.05) is 41.8 Å². The molecule has 278 valence electrons. The van der Waals surface area contributed by atoms with Crippen molar-refractivity contribution in [1.29, 1.82) is 0 Å². The van der Waals surface area contributed by atoms with Gasteiger partial charge in [-0.2, -0.15) is 9.97 Å². The molecule has 4 heterocycles. The molecule has 1 saturated heterocycles. The van der Waals surface area contributed by atoms with Gasteiger partial charge in [0.1, 0.15) is 12.2 Å². The Kier molecular flexibility index (Phi) is 12.0. The summed E-state index contributed by atoms with van der Waals surface area (Å²) in [7, 11) is 0. The van der Waals surface area contributed by atoms with Gasteiger partial charge in [-0.05, 0) is 36.1 Å². The molecule has 1 aliphatic carbocycles. The minimum absolute atomic E-state index is 0. The minimum atomic E-state index is -1.23. The van der Waals surface area contributed by atoms with Crippen molar-refractivity contribution < 1.29 is 24.9 Å². The summed E-state index contributed by atoms with van der Waals surface area (Å²) in [6.07, 6.45) is 3.12. The first-order valence-corrected chi connectivity index (χ1v) is 17.4. The van der Waals surface area contributed by atoms with Crippen LogP contribution in [0, 0.1) is 0 Å². The Morgan fingerprint density at radius 2 is 1.66 bits per heavy atom. The van der Waals surface area contributed by atoms with E-state index in [0.29, 0.717) is 54.7 Å². The van der Waals surface area contributed by atoms with Crippen LogP contribution >= 0.6 is 12.4 Å². The van der Waals surface area contributed by atoms with Crippen LogP contribution in [0.5, 0.6) is 0 Å². The largest absolute Gasteiger partial charge is 0.396 e. The van der Waals surface area contributed by atoms with Gasteiger partial charge in [-0.3, -0.25) is 9.78 Å². The lowest BCUT2D eigenvalue weighted by Gasteiger charge is -2.22. The van der Waals surface area contributed by atoms with Gasteiger partial charge in [-0.15, -0.1) is 12.4 Å². The molecule has 5 aromatic rings. The van der Waals surface area contributed by atoms with E-state index in [1.165, 1.54) is 0 Å². The van der Waals surface area contributed by atoms with Crippen LogP contribution in [-0.4, -0.2) is 102 Å². The lowest BCUT2D eigenvalue weighted by molar-refractivity contribution is -0.123. The molecule has 3 amide bonds. The number of fused-ring (bicyclic) bond motifs is 1.